The molecule has 0 aliphatic heterocycles. The Morgan fingerprint density at radius 1 is 1.14 bits per heavy atom. The molecule has 0 aliphatic carbocycles. The molecule has 0 heterocycles. The summed E-state index contributed by atoms with van der Waals surface area (Å²) < 4.78 is 5.41. The summed E-state index contributed by atoms with van der Waals surface area (Å²) in [5, 5.41) is 11.4. The van der Waals surface area contributed by atoms with Crippen LogP contribution in [0.3, 0.4) is 0 Å². The Hall–Kier alpha value is -2.82. The number of carboxylic acid groups (broad SMARTS) is 1. The predicted octanol–water partition coefficient (Wildman–Crippen LogP) is 2.64. The quantitative estimate of drug-likeness (QED) is 0.859. The maximum absolute atomic E-state index is 11.8. The number of benzene rings is 2. The molecule has 0 aromatic heterocycles. The first kappa shape index (κ1) is 15.6. The summed E-state index contributed by atoms with van der Waals surface area (Å²) >= 11 is 0. The van der Waals surface area contributed by atoms with Crippen LogP contribution in [0.1, 0.15) is 11.1 Å². The van der Waals surface area contributed by atoms with E-state index < -0.39 is 5.97 Å². The Balaban J connectivity index is 1.85. The zero-order chi connectivity index (χ0) is 15.9. The molecule has 0 bridgehead atoms. The first-order valence-corrected chi connectivity index (χ1v) is 6.83. The standard InChI is InChI=1S/C17H17NO4/c1-12-3-2-4-15(9-12)22-11-16(19)18-14-7-5-13(6-8-14)10-17(20)21/h2-9H,10-11H2,1H3,(H,18,19)(H,20,21). The van der Waals surface area contributed by atoms with E-state index in [1.54, 1.807) is 30.3 Å². The fourth-order valence-electron chi connectivity index (χ4n) is 1.93. The van der Waals surface area contributed by atoms with Crippen LogP contribution in [0.25, 0.3) is 0 Å². The van der Waals surface area contributed by atoms with Gasteiger partial charge in [-0.3, -0.25) is 9.59 Å². The number of anilines is 1. The van der Waals surface area contributed by atoms with Crippen LogP contribution in [0.2, 0.25) is 0 Å². The van der Waals surface area contributed by atoms with E-state index in [0.29, 0.717) is 17.0 Å². The highest BCUT2D eigenvalue weighted by atomic mass is 16.5. The van der Waals surface area contributed by atoms with Crippen LogP contribution >= 0.6 is 0 Å². The minimum atomic E-state index is -0.886. The molecule has 2 aromatic carbocycles. The number of aryl methyl sites for hydroxylation is 1. The summed E-state index contributed by atoms with van der Waals surface area (Å²) in [5.41, 5.74) is 2.35. The second-order valence-electron chi connectivity index (χ2n) is 4.92. The van der Waals surface area contributed by atoms with Crippen LogP contribution in [-0.4, -0.2) is 23.6 Å². The van der Waals surface area contributed by atoms with Crippen LogP contribution in [-0.2, 0) is 16.0 Å². The summed E-state index contributed by atoms with van der Waals surface area (Å²) in [6, 6.07) is 14.1. The van der Waals surface area contributed by atoms with Crippen LogP contribution in [0.15, 0.2) is 48.5 Å². The molecule has 0 atom stereocenters. The van der Waals surface area contributed by atoms with E-state index in [1.807, 2.05) is 25.1 Å². The average Bonchev–Trinajstić information content (AvgIpc) is 2.47. The molecule has 5 heteroatoms. The molecular weight excluding hydrogens is 282 g/mol. The third-order valence-electron chi connectivity index (χ3n) is 2.95. The van der Waals surface area contributed by atoms with Gasteiger partial charge in [-0.25, -0.2) is 0 Å². The van der Waals surface area contributed by atoms with Crippen molar-refractivity contribution in [2.45, 2.75) is 13.3 Å². The minimum Gasteiger partial charge on any atom is -0.484 e. The predicted molar refractivity (Wildman–Crippen MR) is 83.1 cm³/mol. The van der Waals surface area contributed by atoms with Gasteiger partial charge in [0.05, 0.1) is 6.42 Å². The zero-order valence-corrected chi connectivity index (χ0v) is 12.2. The van der Waals surface area contributed by atoms with Crippen molar-refractivity contribution < 1.29 is 19.4 Å². The lowest BCUT2D eigenvalue weighted by Crippen LogP contribution is -2.20. The van der Waals surface area contributed by atoms with E-state index in [1.165, 1.54) is 0 Å². The fraction of sp³-hybridized carbons (Fsp3) is 0.176. The molecular formula is C17H17NO4. The van der Waals surface area contributed by atoms with Gasteiger partial charge in [0.15, 0.2) is 6.61 Å². The van der Waals surface area contributed by atoms with Crippen LogP contribution in [0, 0.1) is 6.92 Å². The van der Waals surface area contributed by atoms with Crippen LogP contribution in [0.4, 0.5) is 5.69 Å². The molecule has 1 amide bonds. The number of aliphatic carboxylic acids is 1. The molecule has 22 heavy (non-hydrogen) atoms. The lowest BCUT2D eigenvalue weighted by atomic mass is 10.1. The molecule has 5 nitrogen and oxygen atoms in total. The Morgan fingerprint density at radius 3 is 2.50 bits per heavy atom. The number of nitrogens with one attached hydrogen (secondary N) is 1. The van der Waals surface area contributed by atoms with Gasteiger partial charge >= 0.3 is 5.97 Å². The van der Waals surface area contributed by atoms with Gasteiger partial charge in [-0.15, -0.1) is 0 Å². The van der Waals surface area contributed by atoms with Gasteiger partial charge in [0.25, 0.3) is 5.91 Å². The molecule has 0 saturated heterocycles. The first-order chi connectivity index (χ1) is 10.5. The van der Waals surface area contributed by atoms with Crippen LogP contribution in [0.5, 0.6) is 5.75 Å². The van der Waals surface area contributed by atoms with E-state index in [0.717, 1.165) is 5.56 Å². The van der Waals surface area contributed by atoms with Gasteiger partial charge in [-0.05, 0) is 42.3 Å². The molecule has 0 saturated carbocycles. The van der Waals surface area contributed by atoms with Gasteiger partial charge in [0.1, 0.15) is 5.75 Å². The number of carboxylic acids is 1. The topological polar surface area (TPSA) is 75.6 Å². The van der Waals surface area contributed by atoms with Gasteiger partial charge in [0, 0.05) is 5.69 Å². The van der Waals surface area contributed by atoms with E-state index in [-0.39, 0.29) is 18.9 Å². The second kappa shape index (κ2) is 7.26. The summed E-state index contributed by atoms with van der Waals surface area (Å²) in [4.78, 5) is 22.4. The lowest BCUT2D eigenvalue weighted by molar-refractivity contribution is -0.136. The maximum Gasteiger partial charge on any atom is 0.307 e. The third-order valence-corrected chi connectivity index (χ3v) is 2.95. The minimum absolute atomic E-state index is 0.0370. The Kier molecular flexibility index (Phi) is 5.14. The van der Waals surface area contributed by atoms with Crippen molar-refractivity contribution in [3.63, 3.8) is 0 Å². The zero-order valence-electron chi connectivity index (χ0n) is 12.2. The maximum atomic E-state index is 11.8. The van der Waals surface area contributed by atoms with Crippen molar-refractivity contribution in [1.29, 1.82) is 0 Å². The van der Waals surface area contributed by atoms with Crippen molar-refractivity contribution in [2.24, 2.45) is 0 Å². The van der Waals surface area contributed by atoms with Gasteiger partial charge < -0.3 is 15.2 Å². The number of hydrogen-bond acceptors (Lipinski definition) is 3. The van der Waals surface area contributed by atoms with E-state index in [4.69, 9.17) is 9.84 Å². The number of carbonyl (C=O) groups excluding carboxylic acids is 1. The smallest absolute Gasteiger partial charge is 0.307 e. The Bertz CT molecular complexity index is 665. The number of ether oxygens (including phenoxy) is 1. The van der Waals surface area contributed by atoms with Gasteiger partial charge in [0.2, 0.25) is 0 Å². The average molecular weight is 299 g/mol. The molecule has 0 radical (unpaired) electrons. The Labute approximate surface area is 128 Å². The molecule has 2 N–H and O–H groups in total. The summed E-state index contributed by atoms with van der Waals surface area (Å²) in [6.07, 6.45) is -0.0370. The highest BCUT2D eigenvalue weighted by Crippen LogP contribution is 2.13. The number of rotatable bonds is 6. The lowest BCUT2D eigenvalue weighted by Gasteiger charge is -2.08. The van der Waals surface area contributed by atoms with E-state index in [9.17, 15) is 9.59 Å². The number of hydrogen-bond donors (Lipinski definition) is 2. The molecule has 0 fully saturated rings. The fourth-order valence-corrected chi connectivity index (χ4v) is 1.93. The van der Waals surface area contributed by atoms with E-state index >= 15 is 0 Å². The van der Waals surface area contributed by atoms with Crippen LogP contribution < -0.4 is 10.1 Å². The second-order valence-corrected chi connectivity index (χ2v) is 4.92. The Morgan fingerprint density at radius 2 is 1.86 bits per heavy atom. The monoisotopic (exact) mass is 299 g/mol. The molecule has 0 spiro atoms. The number of amides is 1. The molecule has 0 unspecified atom stereocenters. The van der Waals surface area contributed by atoms with Crippen molar-refractivity contribution in [2.75, 3.05) is 11.9 Å². The van der Waals surface area contributed by atoms with Gasteiger partial charge in [-0.1, -0.05) is 24.3 Å². The highest BCUT2D eigenvalue weighted by Gasteiger charge is 2.05. The molecule has 114 valence electrons. The summed E-state index contributed by atoms with van der Waals surface area (Å²) in [6.45, 7) is 1.87. The van der Waals surface area contributed by atoms with Crippen molar-refractivity contribution >= 4 is 17.6 Å². The normalized spacial score (nSPS) is 10.0. The summed E-state index contributed by atoms with van der Waals surface area (Å²) in [7, 11) is 0. The molecule has 2 rings (SSSR count). The van der Waals surface area contributed by atoms with Crippen molar-refractivity contribution in [3.8, 4) is 5.75 Å². The summed E-state index contributed by atoms with van der Waals surface area (Å²) in [5.74, 6) is -0.511. The van der Waals surface area contributed by atoms with E-state index in [2.05, 4.69) is 5.32 Å². The van der Waals surface area contributed by atoms with Crippen molar-refractivity contribution in [1.82, 2.24) is 0 Å². The number of carbonyl (C=O) groups is 2. The molecule has 0 aliphatic rings. The molecule has 2 aromatic rings. The van der Waals surface area contributed by atoms with Gasteiger partial charge in [-0.2, -0.15) is 0 Å². The SMILES string of the molecule is Cc1cccc(OCC(=O)Nc2ccc(CC(=O)O)cc2)c1. The third kappa shape index (κ3) is 4.94. The van der Waals surface area contributed by atoms with Crippen molar-refractivity contribution in [3.05, 3.63) is 59.7 Å². The largest absolute Gasteiger partial charge is 0.484 e. The first-order valence-electron chi connectivity index (χ1n) is 6.83. The highest BCUT2D eigenvalue weighted by molar-refractivity contribution is 5.91.